The van der Waals surface area contributed by atoms with Gasteiger partial charge in [-0.25, -0.2) is 0 Å². The van der Waals surface area contributed by atoms with Crippen LogP contribution in [0.25, 0.3) is 0 Å². The highest BCUT2D eigenvalue weighted by molar-refractivity contribution is 6.09. The maximum atomic E-state index is 12.3. The number of hydrogen-bond acceptors (Lipinski definition) is 4. The average molecular weight is 374 g/mol. The number of ketones is 1. The number of allylic oxidation sites excluding steroid dienone is 5. The molecule has 1 atom stereocenters. The minimum Gasteiger partial charge on any atom is -0.481 e. The van der Waals surface area contributed by atoms with Gasteiger partial charge in [0.2, 0.25) is 0 Å². The Labute approximate surface area is 161 Å². The third-order valence-electron chi connectivity index (χ3n) is 4.27. The zero-order valence-electron chi connectivity index (χ0n) is 16.3. The van der Waals surface area contributed by atoms with Crippen molar-refractivity contribution in [2.24, 2.45) is 0 Å². The molecule has 0 fully saturated rings. The standard InChI is InChI=1S/C22H30O5/c1-3-4-5-6-9-12-16-22(27-18(2)23)17-15-20(24)19(22)13-10-7-8-11-14-21(25)26/h7,9-10,12-13,15,17H,3-6,8,11,14,16H2,1-2H3,(H,25,26). The van der Waals surface area contributed by atoms with Crippen LogP contribution in [0.4, 0.5) is 0 Å². The summed E-state index contributed by atoms with van der Waals surface area (Å²) in [6, 6.07) is 0. The lowest BCUT2D eigenvalue weighted by atomic mass is 9.91. The van der Waals surface area contributed by atoms with Crippen LogP contribution >= 0.6 is 0 Å². The Kier molecular flexibility index (Phi) is 10.1. The Bertz CT molecular complexity index is 639. The molecule has 1 unspecified atom stereocenters. The summed E-state index contributed by atoms with van der Waals surface area (Å²) < 4.78 is 5.54. The van der Waals surface area contributed by atoms with Crippen LogP contribution in [-0.2, 0) is 19.1 Å². The summed E-state index contributed by atoms with van der Waals surface area (Å²) in [5, 5.41) is 8.64. The highest BCUT2D eigenvalue weighted by Gasteiger charge is 2.41. The summed E-state index contributed by atoms with van der Waals surface area (Å²) in [6.07, 6.45) is 18.4. The number of carbonyl (C=O) groups is 3. The Hall–Kier alpha value is -2.43. The molecular formula is C22H30O5. The predicted molar refractivity (Wildman–Crippen MR) is 105 cm³/mol. The summed E-state index contributed by atoms with van der Waals surface area (Å²) in [6.45, 7) is 3.49. The second kappa shape index (κ2) is 12.0. The van der Waals surface area contributed by atoms with E-state index in [1.54, 1.807) is 18.2 Å². The van der Waals surface area contributed by atoms with Crippen molar-refractivity contribution in [1.29, 1.82) is 0 Å². The Morgan fingerprint density at radius 3 is 2.56 bits per heavy atom. The Morgan fingerprint density at radius 2 is 1.89 bits per heavy atom. The van der Waals surface area contributed by atoms with Crippen LogP contribution in [-0.4, -0.2) is 28.4 Å². The Morgan fingerprint density at radius 1 is 1.15 bits per heavy atom. The van der Waals surface area contributed by atoms with E-state index in [-0.39, 0.29) is 12.2 Å². The molecule has 0 radical (unpaired) electrons. The van der Waals surface area contributed by atoms with Gasteiger partial charge in [0.25, 0.3) is 0 Å². The van der Waals surface area contributed by atoms with Crippen LogP contribution < -0.4 is 0 Å². The lowest BCUT2D eigenvalue weighted by molar-refractivity contribution is -0.149. The molecule has 0 saturated carbocycles. The maximum Gasteiger partial charge on any atom is 0.303 e. The number of hydrogen-bond donors (Lipinski definition) is 1. The second-order valence-electron chi connectivity index (χ2n) is 6.65. The summed E-state index contributed by atoms with van der Waals surface area (Å²) >= 11 is 0. The fourth-order valence-electron chi connectivity index (χ4n) is 2.91. The van der Waals surface area contributed by atoms with Crippen molar-refractivity contribution in [3.63, 3.8) is 0 Å². The van der Waals surface area contributed by atoms with Gasteiger partial charge in [-0.1, -0.05) is 50.1 Å². The van der Waals surface area contributed by atoms with Gasteiger partial charge in [0, 0.05) is 25.3 Å². The van der Waals surface area contributed by atoms with Gasteiger partial charge in [0.05, 0.1) is 0 Å². The van der Waals surface area contributed by atoms with Gasteiger partial charge in [-0.2, -0.15) is 0 Å². The zero-order chi connectivity index (χ0) is 20.1. The number of carbonyl (C=O) groups excluding carboxylic acids is 2. The first-order valence-corrected chi connectivity index (χ1v) is 9.58. The SMILES string of the molecule is CCCCCC=CCC1(OC(C)=O)C=CC(=O)C1=CC=CCCCC(=O)O. The molecule has 27 heavy (non-hydrogen) atoms. The number of esters is 1. The van der Waals surface area contributed by atoms with Gasteiger partial charge >= 0.3 is 11.9 Å². The predicted octanol–water partition coefficient (Wildman–Crippen LogP) is 4.69. The van der Waals surface area contributed by atoms with Gasteiger partial charge < -0.3 is 9.84 Å². The van der Waals surface area contributed by atoms with Crippen LogP contribution in [0.5, 0.6) is 0 Å². The molecule has 0 saturated heterocycles. The number of carboxylic acids is 1. The van der Waals surface area contributed by atoms with Crippen molar-refractivity contribution >= 4 is 17.7 Å². The van der Waals surface area contributed by atoms with Gasteiger partial charge in [-0.3, -0.25) is 14.4 Å². The summed E-state index contributed by atoms with van der Waals surface area (Å²) in [7, 11) is 0. The van der Waals surface area contributed by atoms with Crippen molar-refractivity contribution in [2.75, 3.05) is 0 Å². The molecule has 0 heterocycles. The summed E-state index contributed by atoms with van der Waals surface area (Å²) in [5.41, 5.74) is -0.638. The molecule has 1 rings (SSSR count). The fraction of sp³-hybridized carbons (Fsp3) is 0.500. The highest BCUT2D eigenvalue weighted by atomic mass is 16.6. The lowest BCUT2D eigenvalue weighted by Gasteiger charge is -2.27. The first-order chi connectivity index (χ1) is 12.9. The molecule has 1 aliphatic carbocycles. The zero-order valence-corrected chi connectivity index (χ0v) is 16.3. The average Bonchev–Trinajstić information content (AvgIpc) is 2.89. The van der Waals surface area contributed by atoms with E-state index in [0.717, 1.165) is 19.3 Å². The number of unbranched alkanes of at least 4 members (excludes halogenated alkanes) is 4. The molecule has 1 N–H and O–H groups in total. The minimum absolute atomic E-state index is 0.113. The minimum atomic E-state index is -1.06. The molecule has 0 aromatic heterocycles. The van der Waals surface area contributed by atoms with Crippen molar-refractivity contribution in [2.45, 2.75) is 70.8 Å². The van der Waals surface area contributed by atoms with Crippen LogP contribution in [0, 0.1) is 0 Å². The van der Waals surface area contributed by atoms with E-state index in [0.29, 0.717) is 24.8 Å². The molecule has 0 spiro atoms. The first kappa shape index (κ1) is 22.6. The number of rotatable bonds is 12. The number of ether oxygens (including phenoxy) is 1. The van der Waals surface area contributed by atoms with Gasteiger partial charge in [-0.15, -0.1) is 0 Å². The van der Waals surface area contributed by atoms with E-state index in [9.17, 15) is 14.4 Å². The quantitative estimate of drug-likeness (QED) is 0.232. The van der Waals surface area contributed by atoms with Crippen molar-refractivity contribution < 1.29 is 24.2 Å². The van der Waals surface area contributed by atoms with E-state index in [1.165, 1.54) is 19.4 Å². The molecule has 0 aromatic carbocycles. The third-order valence-corrected chi connectivity index (χ3v) is 4.27. The molecular weight excluding hydrogens is 344 g/mol. The van der Waals surface area contributed by atoms with E-state index >= 15 is 0 Å². The molecule has 148 valence electrons. The second-order valence-corrected chi connectivity index (χ2v) is 6.65. The topological polar surface area (TPSA) is 80.7 Å². The molecule has 5 nitrogen and oxygen atoms in total. The summed E-state index contributed by atoms with van der Waals surface area (Å²) in [5.74, 6) is -1.44. The molecule has 5 heteroatoms. The van der Waals surface area contributed by atoms with Crippen molar-refractivity contribution in [3.8, 4) is 0 Å². The smallest absolute Gasteiger partial charge is 0.303 e. The highest BCUT2D eigenvalue weighted by Crippen LogP contribution is 2.34. The van der Waals surface area contributed by atoms with Gasteiger partial charge in [0.15, 0.2) is 11.4 Å². The molecule has 0 aliphatic heterocycles. The van der Waals surface area contributed by atoms with Crippen molar-refractivity contribution in [3.05, 3.63) is 48.1 Å². The molecule has 0 bridgehead atoms. The largest absolute Gasteiger partial charge is 0.481 e. The van der Waals surface area contributed by atoms with Crippen LogP contribution in [0.3, 0.4) is 0 Å². The lowest BCUT2D eigenvalue weighted by Crippen LogP contribution is -2.33. The van der Waals surface area contributed by atoms with Gasteiger partial charge in [0.1, 0.15) is 0 Å². The number of aliphatic carboxylic acids is 1. The summed E-state index contributed by atoms with van der Waals surface area (Å²) in [4.78, 5) is 34.4. The Balaban J connectivity index is 2.82. The maximum absolute atomic E-state index is 12.3. The van der Waals surface area contributed by atoms with Gasteiger partial charge in [-0.05, 0) is 37.8 Å². The third kappa shape index (κ3) is 8.20. The fourth-order valence-corrected chi connectivity index (χ4v) is 2.91. The molecule has 1 aliphatic rings. The van der Waals surface area contributed by atoms with Crippen molar-refractivity contribution in [1.82, 2.24) is 0 Å². The monoisotopic (exact) mass is 374 g/mol. The van der Waals surface area contributed by atoms with E-state index in [2.05, 4.69) is 13.0 Å². The van der Waals surface area contributed by atoms with E-state index < -0.39 is 17.5 Å². The van der Waals surface area contributed by atoms with E-state index in [1.807, 2.05) is 12.2 Å². The number of carboxylic acid groups (broad SMARTS) is 1. The van der Waals surface area contributed by atoms with Crippen LogP contribution in [0.15, 0.2) is 48.1 Å². The van der Waals surface area contributed by atoms with Crippen LogP contribution in [0.1, 0.15) is 65.2 Å². The first-order valence-electron chi connectivity index (χ1n) is 9.58. The van der Waals surface area contributed by atoms with Crippen LogP contribution in [0.2, 0.25) is 0 Å². The molecule has 0 aromatic rings. The molecule has 0 amide bonds. The van der Waals surface area contributed by atoms with E-state index in [4.69, 9.17) is 9.84 Å². The normalized spacial score (nSPS) is 21.0.